The van der Waals surface area contributed by atoms with Crippen LogP contribution in [0, 0.1) is 0 Å². The lowest BCUT2D eigenvalue weighted by Crippen LogP contribution is -2.29. The summed E-state index contributed by atoms with van der Waals surface area (Å²) in [6.45, 7) is 5.40. The number of likely N-dealkylation sites (tertiary alicyclic amines) is 1. The van der Waals surface area contributed by atoms with E-state index in [1.807, 2.05) is 11.4 Å². The summed E-state index contributed by atoms with van der Waals surface area (Å²) < 4.78 is 0. The first-order chi connectivity index (χ1) is 7.58. The van der Waals surface area contributed by atoms with Crippen molar-refractivity contribution in [1.29, 1.82) is 0 Å². The minimum absolute atomic E-state index is 0.0553. The Bertz CT molecular complexity index is 386. The fourth-order valence-electron chi connectivity index (χ4n) is 1.88. The first-order valence-electron chi connectivity index (χ1n) is 5.63. The molecule has 0 unspecified atom stereocenters. The van der Waals surface area contributed by atoms with Gasteiger partial charge in [0.25, 0.3) is 5.91 Å². The molecule has 1 aliphatic heterocycles. The molecule has 0 spiro atoms. The summed E-state index contributed by atoms with van der Waals surface area (Å²) in [6.07, 6.45) is 0.361. The maximum Gasteiger partial charge on any atom is 0.254 e. The van der Waals surface area contributed by atoms with Crippen LogP contribution in [-0.4, -0.2) is 35.1 Å². The van der Waals surface area contributed by atoms with Gasteiger partial charge in [-0.25, -0.2) is 0 Å². The van der Waals surface area contributed by atoms with E-state index in [2.05, 4.69) is 13.8 Å². The molecule has 0 radical (unpaired) electrons. The third kappa shape index (κ3) is 2.28. The van der Waals surface area contributed by atoms with Gasteiger partial charge in [0.15, 0.2) is 0 Å². The van der Waals surface area contributed by atoms with Crippen molar-refractivity contribution in [3.8, 4) is 0 Å². The summed E-state index contributed by atoms with van der Waals surface area (Å²) in [6, 6.07) is 1.97. The first kappa shape index (κ1) is 11.6. The molecule has 1 N–H and O–H groups in total. The van der Waals surface area contributed by atoms with Crippen molar-refractivity contribution in [2.24, 2.45) is 0 Å². The summed E-state index contributed by atoms with van der Waals surface area (Å²) in [5.41, 5.74) is 0.766. The van der Waals surface area contributed by atoms with Crippen LogP contribution < -0.4 is 0 Å². The van der Waals surface area contributed by atoms with E-state index in [0.717, 1.165) is 5.56 Å². The maximum atomic E-state index is 12.0. The smallest absolute Gasteiger partial charge is 0.254 e. The quantitative estimate of drug-likeness (QED) is 0.858. The van der Waals surface area contributed by atoms with Gasteiger partial charge in [-0.05, 0) is 18.4 Å². The van der Waals surface area contributed by atoms with Crippen LogP contribution in [0.5, 0.6) is 0 Å². The van der Waals surface area contributed by atoms with E-state index in [0.29, 0.717) is 25.4 Å². The normalized spacial score (nSPS) is 20.8. The Morgan fingerprint density at radius 1 is 1.62 bits per heavy atom. The highest BCUT2D eigenvalue weighted by Gasteiger charge is 2.25. The molecule has 1 aliphatic rings. The Morgan fingerprint density at radius 3 is 2.88 bits per heavy atom. The molecule has 1 fully saturated rings. The van der Waals surface area contributed by atoms with Crippen molar-refractivity contribution in [2.75, 3.05) is 13.1 Å². The van der Waals surface area contributed by atoms with Gasteiger partial charge in [-0.1, -0.05) is 13.8 Å². The molecule has 1 aromatic rings. The lowest BCUT2D eigenvalue weighted by atomic mass is 10.1. The van der Waals surface area contributed by atoms with Crippen LogP contribution in [0.15, 0.2) is 11.4 Å². The van der Waals surface area contributed by atoms with Gasteiger partial charge in [-0.3, -0.25) is 4.79 Å². The first-order valence-corrected chi connectivity index (χ1v) is 6.51. The lowest BCUT2D eigenvalue weighted by Gasteiger charge is -2.14. The topological polar surface area (TPSA) is 40.5 Å². The van der Waals surface area contributed by atoms with E-state index >= 15 is 0 Å². The van der Waals surface area contributed by atoms with Crippen LogP contribution in [0.3, 0.4) is 0 Å². The summed E-state index contributed by atoms with van der Waals surface area (Å²) in [5, 5.41) is 11.3. The maximum absolute atomic E-state index is 12.0. The van der Waals surface area contributed by atoms with Gasteiger partial charge in [0.2, 0.25) is 0 Å². The van der Waals surface area contributed by atoms with Gasteiger partial charge in [-0.2, -0.15) is 0 Å². The highest BCUT2D eigenvalue weighted by molar-refractivity contribution is 7.10. The predicted molar refractivity (Wildman–Crippen MR) is 64.9 cm³/mol. The number of aliphatic hydroxyl groups excluding tert-OH is 1. The van der Waals surface area contributed by atoms with E-state index in [9.17, 15) is 9.90 Å². The standard InChI is InChI=1S/C12H17NO2S/c1-8(2)11-5-9(7-16-11)12(15)13-4-3-10(14)6-13/h5,7-8,10,14H,3-4,6H2,1-2H3/t10-/m0/s1. The Morgan fingerprint density at radius 2 is 2.38 bits per heavy atom. The Labute approximate surface area is 99.7 Å². The molecular formula is C12H17NO2S. The zero-order chi connectivity index (χ0) is 11.7. The molecule has 4 heteroatoms. The number of amides is 1. The number of carbonyl (C=O) groups excluding carboxylic acids is 1. The number of hydrogen-bond donors (Lipinski definition) is 1. The van der Waals surface area contributed by atoms with E-state index < -0.39 is 0 Å². The van der Waals surface area contributed by atoms with Gasteiger partial charge in [0.05, 0.1) is 11.7 Å². The van der Waals surface area contributed by atoms with Crippen molar-refractivity contribution in [1.82, 2.24) is 4.90 Å². The minimum Gasteiger partial charge on any atom is -0.391 e. The molecular weight excluding hydrogens is 222 g/mol. The lowest BCUT2D eigenvalue weighted by molar-refractivity contribution is 0.0765. The Hall–Kier alpha value is -0.870. The molecule has 1 atom stereocenters. The molecule has 2 heterocycles. The van der Waals surface area contributed by atoms with Crippen LogP contribution in [0.1, 0.15) is 41.4 Å². The number of aliphatic hydroxyl groups is 1. The molecule has 0 bridgehead atoms. The summed E-state index contributed by atoms with van der Waals surface area (Å²) >= 11 is 1.64. The Balaban J connectivity index is 2.09. The zero-order valence-electron chi connectivity index (χ0n) is 9.64. The molecule has 0 aromatic carbocycles. The second-order valence-electron chi connectivity index (χ2n) is 4.59. The average Bonchev–Trinajstić information content (AvgIpc) is 2.84. The third-order valence-electron chi connectivity index (χ3n) is 2.89. The van der Waals surface area contributed by atoms with Crippen LogP contribution in [0.2, 0.25) is 0 Å². The summed E-state index contributed by atoms with van der Waals surface area (Å²) in [4.78, 5) is 15.0. The van der Waals surface area contributed by atoms with E-state index in [-0.39, 0.29) is 12.0 Å². The summed E-state index contributed by atoms with van der Waals surface area (Å²) in [7, 11) is 0. The molecule has 1 amide bonds. The fraction of sp³-hybridized carbons (Fsp3) is 0.583. The Kier molecular flexibility index (Phi) is 3.30. The van der Waals surface area contributed by atoms with Gasteiger partial charge in [0.1, 0.15) is 0 Å². The minimum atomic E-state index is -0.341. The number of thiophene rings is 1. The van der Waals surface area contributed by atoms with Crippen LogP contribution >= 0.6 is 11.3 Å². The van der Waals surface area contributed by atoms with Crippen LogP contribution in [-0.2, 0) is 0 Å². The van der Waals surface area contributed by atoms with Crippen molar-refractivity contribution >= 4 is 17.2 Å². The fourth-order valence-corrected chi connectivity index (χ4v) is 2.78. The number of carbonyl (C=O) groups is 1. The van der Waals surface area contributed by atoms with Crippen LogP contribution in [0.4, 0.5) is 0 Å². The molecule has 0 aliphatic carbocycles. The van der Waals surface area contributed by atoms with Crippen molar-refractivity contribution < 1.29 is 9.90 Å². The average molecular weight is 239 g/mol. The van der Waals surface area contributed by atoms with Gasteiger partial charge >= 0.3 is 0 Å². The monoisotopic (exact) mass is 239 g/mol. The molecule has 16 heavy (non-hydrogen) atoms. The SMILES string of the molecule is CC(C)c1cc(C(=O)N2CC[C@H](O)C2)cs1. The van der Waals surface area contributed by atoms with Gasteiger partial charge < -0.3 is 10.0 Å². The van der Waals surface area contributed by atoms with Crippen molar-refractivity contribution in [3.63, 3.8) is 0 Å². The van der Waals surface area contributed by atoms with E-state index in [1.165, 1.54) is 4.88 Å². The molecule has 1 aromatic heterocycles. The molecule has 2 rings (SSSR count). The number of rotatable bonds is 2. The van der Waals surface area contributed by atoms with Crippen LogP contribution in [0.25, 0.3) is 0 Å². The molecule has 1 saturated heterocycles. The largest absolute Gasteiger partial charge is 0.391 e. The predicted octanol–water partition coefficient (Wildman–Crippen LogP) is 2.08. The second-order valence-corrected chi connectivity index (χ2v) is 5.53. The highest BCUT2D eigenvalue weighted by atomic mass is 32.1. The third-order valence-corrected chi connectivity index (χ3v) is 4.12. The van der Waals surface area contributed by atoms with Crippen molar-refractivity contribution in [3.05, 3.63) is 21.9 Å². The molecule has 0 saturated carbocycles. The van der Waals surface area contributed by atoms with Gasteiger partial charge in [0, 0.05) is 23.3 Å². The summed E-state index contributed by atoms with van der Waals surface area (Å²) in [5.74, 6) is 0.524. The molecule has 88 valence electrons. The number of β-amino-alcohol motifs (C(OH)–C–C–N with tert-alkyl or cyclic N) is 1. The van der Waals surface area contributed by atoms with Crippen molar-refractivity contribution in [2.45, 2.75) is 32.3 Å². The zero-order valence-corrected chi connectivity index (χ0v) is 10.5. The molecule has 3 nitrogen and oxygen atoms in total. The highest BCUT2D eigenvalue weighted by Crippen LogP contribution is 2.24. The van der Waals surface area contributed by atoms with Gasteiger partial charge in [-0.15, -0.1) is 11.3 Å². The number of nitrogens with zero attached hydrogens (tertiary/aromatic N) is 1. The van der Waals surface area contributed by atoms with E-state index in [4.69, 9.17) is 0 Å². The second kappa shape index (κ2) is 4.55. The number of hydrogen-bond acceptors (Lipinski definition) is 3. The van der Waals surface area contributed by atoms with E-state index in [1.54, 1.807) is 16.2 Å².